The highest BCUT2D eigenvalue weighted by Gasteiger charge is 2.13. The molecule has 0 bridgehead atoms. The Kier molecular flexibility index (Phi) is 10.2. The van der Waals surface area contributed by atoms with Gasteiger partial charge in [0.05, 0.1) is 29.0 Å². The summed E-state index contributed by atoms with van der Waals surface area (Å²) < 4.78 is 0. The van der Waals surface area contributed by atoms with E-state index in [1.807, 2.05) is 30.3 Å². The van der Waals surface area contributed by atoms with E-state index in [1.165, 1.54) is 11.1 Å². The van der Waals surface area contributed by atoms with Gasteiger partial charge in [0.25, 0.3) is 0 Å². The third-order valence-electron chi connectivity index (χ3n) is 10.6. The molecule has 0 radical (unpaired) electrons. The van der Waals surface area contributed by atoms with Crippen molar-refractivity contribution < 1.29 is 0 Å². The summed E-state index contributed by atoms with van der Waals surface area (Å²) in [6.45, 7) is 2.66. The molecular formula is C53H41N5. The Morgan fingerprint density at radius 1 is 0.466 bits per heavy atom. The summed E-state index contributed by atoms with van der Waals surface area (Å²) in [5.41, 5.74) is 14.8. The molecule has 0 saturated carbocycles. The second kappa shape index (κ2) is 16.3. The lowest BCUT2D eigenvalue weighted by Gasteiger charge is -2.14. The van der Waals surface area contributed by atoms with Crippen LogP contribution in [-0.2, 0) is 6.54 Å². The minimum absolute atomic E-state index is 0.510. The molecule has 0 atom stereocenters. The Labute approximate surface area is 339 Å². The van der Waals surface area contributed by atoms with Crippen LogP contribution in [0.3, 0.4) is 0 Å². The van der Waals surface area contributed by atoms with Gasteiger partial charge in [-0.25, -0.2) is 9.97 Å². The van der Waals surface area contributed by atoms with Crippen molar-refractivity contribution in [3.8, 4) is 44.8 Å². The van der Waals surface area contributed by atoms with Crippen LogP contribution in [0.5, 0.6) is 0 Å². The highest BCUT2D eigenvalue weighted by atomic mass is 15.1. The van der Waals surface area contributed by atoms with Crippen molar-refractivity contribution in [1.29, 1.82) is 0 Å². The van der Waals surface area contributed by atoms with Crippen molar-refractivity contribution >= 4 is 33.5 Å². The molecule has 5 nitrogen and oxygen atoms in total. The van der Waals surface area contributed by atoms with Gasteiger partial charge in [0.1, 0.15) is 11.7 Å². The Balaban J connectivity index is 0.962. The van der Waals surface area contributed by atoms with Crippen LogP contribution in [0.4, 0.5) is 0 Å². The smallest absolute Gasteiger partial charge is 0.134 e. The van der Waals surface area contributed by atoms with E-state index >= 15 is 0 Å². The fourth-order valence-corrected chi connectivity index (χ4v) is 7.41. The first kappa shape index (κ1) is 36.2. The Morgan fingerprint density at radius 2 is 1.03 bits per heavy atom. The maximum absolute atomic E-state index is 5.23. The van der Waals surface area contributed by atoms with Crippen molar-refractivity contribution in [1.82, 2.24) is 15.3 Å². The minimum atomic E-state index is 0.510. The van der Waals surface area contributed by atoms with E-state index in [0.29, 0.717) is 6.54 Å². The molecule has 0 aliphatic heterocycles. The van der Waals surface area contributed by atoms with Gasteiger partial charge >= 0.3 is 0 Å². The Bertz CT molecular complexity index is 2920. The Hall–Kier alpha value is -7.50. The highest BCUT2D eigenvalue weighted by Crippen LogP contribution is 2.32. The number of aryl methyl sites for hydroxylation is 1. The van der Waals surface area contributed by atoms with Crippen LogP contribution in [0.2, 0.25) is 0 Å². The zero-order valence-corrected chi connectivity index (χ0v) is 32.5. The molecule has 2 heterocycles. The van der Waals surface area contributed by atoms with E-state index in [0.717, 1.165) is 89.4 Å². The van der Waals surface area contributed by atoms with Crippen molar-refractivity contribution in [2.24, 2.45) is 9.98 Å². The predicted octanol–water partition coefficient (Wildman–Crippen LogP) is 12.4. The largest absolute Gasteiger partial charge is 0.325 e. The van der Waals surface area contributed by atoms with E-state index in [1.54, 1.807) is 7.05 Å². The number of hydrogen-bond donors (Lipinski definition) is 1. The molecule has 0 saturated heterocycles. The number of benzene rings is 7. The van der Waals surface area contributed by atoms with E-state index < -0.39 is 0 Å². The number of pyridine rings is 2. The molecule has 9 aromatic rings. The van der Waals surface area contributed by atoms with Gasteiger partial charge in [-0.1, -0.05) is 176 Å². The quantitative estimate of drug-likeness (QED) is 0.0956. The van der Waals surface area contributed by atoms with Gasteiger partial charge in [-0.15, -0.1) is 0 Å². The molecule has 7 aromatic carbocycles. The number of nitrogens with one attached hydrogen (secondary N) is 1. The minimum Gasteiger partial charge on any atom is -0.325 e. The molecular weight excluding hydrogens is 707 g/mol. The van der Waals surface area contributed by atoms with Crippen LogP contribution in [0.25, 0.3) is 66.6 Å². The molecule has 0 amide bonds. The average molecular weight is 748 g/mol. The first-order chi connectivity index (χ1) is 28.6. The lowest BCUT2D eigenvalue weighted by atomic mass is 9.99. The van der Waals surface area contributed by atoms with Gasteiger partial charge in [-0.3, -0.25) is 9.98 Å². The third-order valence-corrected chi connectivity index (χ3v) is 10.6. The fourth-order valence-electron chi connectivity index (χ4n) is 7.41. The summed E-state index contributed by atoms with van der Waals surface area (Å²) in [6, 6.07) is 67.4. The van der Waals surface area contributed by atoms with Crippen LogP contribution in [0.1, 0.15) is 22.3 Å². The van der Waals surface area contributed by atoms with Crippen LogP contribution >= 0.6 is 0 Å². The monoisotopic (exact) mass is 747 g/mol. The molecule has 0 spiro atoms. The normalized spacial score (nSPS) is 11.9. The lowest BCUT2D eigenvalue weighted by molar-refractivity contribution is 1.05. The van der Waals surface area contributed by atoms with E-state index in [2.05, 4.69) is 181 Å². The molecule has 0 aliphatic rings. The number of amidine groups is 2. The standard InChI is InChI=1S/C53H41N5/c1-36-33-49(41-15-8-4-9-16-41)57-51-47(36)31-29-42-30-32-48(56-50(42)51)46-20-12-19-45(34-46)40-23-21-37(22-24-40)35-55-53(43-17-10-5-11-18-43)58-52(54-2)44-27-25-39(26-28-44)38-13-6-3-7-14-38/h3-34H,35H2,1-2H3,(H,54,55,58). The molecule has 2 aromatic heterocycles. The first-order valence-corrected chi connectivity index (χ1v) is 19.6. The SMILES string of the molecule is CN=C(NC(=NCc1ccc(-c2cccc(-c3ccc4ccc5c(C)cc(-c6ccccc6)nc5c4n3)c2)cc1)c1ccccc1)c1ccc(-c2ccccc2)cc1. The molecule has 0 fully saturated rings. The van der Waals surface area contributed by atoms with Gasteiger partial charge in [0, 0.05) is 40.1 Å². The zero-order valence-electron chi connectivity index (χ0n) is 32.5. The molecule has 278 valence electrons. The third kappa shape index (κ3) is 7.66. The second-order valence-corrected chi connectivity index (χ2v) is 14.4. The fraction of sp³-hybridized carbons (Fsp3) is 0.0566. The summed E-state index contributed by atoms with van der Waals surface area (Å²) in [5.74, 6) is 1.53. The summed E-state index contributed by atoms with van der Waals surface area (Å²) in [6.07, 6.45) is 0. The van der Waals surface area contributed by atoms with Crippen molar-refractivity contribution in [3.63, 3.8) is 0 Å². The summed E-state index contributed by atoms with van der Waals surface area (Å²) in [4.78, 5) is 20.1. The van der Waals surface area contributed by atoms with Crippen molar-refractivity contribution in [3.05, 3.63) is 216 Å². The first-order valence-electron chi connectivity index (χ1n) is 19.6. The molecule has 5 heteroatoms. The van der Waals surface area contributed by atoms with Crippen molar-refractivity contribution in [2.45, 2.75) is 13.5 Å². The van der Waals surface area contributed by atoms with Crippen LogP contribution in [0.15, 0.2) is 204 Å². The Morgan fingerprint density at radius 3 is 1.76 bits per heavy atom. The number of aromatic nitrogens is 2. The number of hydrogen-bond acceptors (Lipinski definition) is 4. The maximum atomic E-state index is 5.23. The number of aliphatic imine (C=N–C) groups is 2. The highest BCUT2D eigenvalue weighted by molar-refractivity contribution is 6.14. The maximum Gasteiger partial charge on any atom is 0.134 e. The van der Waals surface area contributed by atoms with Gasteiger partial charge in [-0.2, -0.15) is 0 Å². The molecule has 1 N–H and O–H groups in total. The predicted molar refractivity (Wildman–Crippen MR) is 242 cm³/mol. The molecule has 58 heavy (non-hydrogen) atoms. The zero-order chi connectivity index (χ0) is 39.3. The molecule has 0 unspecified atom stereocenters. The summed E-state index contributed by atoms with van der Waals surface area (Å²) in [5, 5.41) is 5.74. The average Bonchev–Trinajstić information content (AvgIpc) is 3.30. The summed E-state index contributed by atoms with van der Waals surface area (Å²) >= 11 is 0. The second-order valence-electron chi connectivity index (χ2n) is 14.4. The number of fused-ring (bicyclic) bond motifs is 3. The van der Waals surface area contributed by atoms with Gasteiger partial charge in [-0.05, 0) is 58.5 Å². The van der Waals surface area contributed by atoms with Gasteiger partial charge in [0.2, 0.25) is 0 Å². The number of nitrogens with zero attached hydrogens (tertiary/aromatic N) is 4. The molecule has 9 rings (SSSR count). The topological polar surface area (TPSA) is 62.5 Å². The van der Waals surface area contributed by atoms with E-state index in [-0.39, 0.29) is 0 Å². The van der Waals surface area contributed by atoms with E-state index in [9.17, 15) is 0 Å². The van der Waals surface area contributed by atoms with Gasteiger partial charge < -0.3 is 5.32 Å². The van der Waals surface area contributed by atoms with Crippen LogP contribution in [-0.4, -0.2) is 28.7 Å². The van der Waals surface area contributed by atoms with Gasteiger partial charge in [0.15, 0.2) is 0 Å². The van der Waals surface area contributed by atoms with Crippen LogP contribution in [0, 0.1) is 6.92 Å². The van der Waals surface area contributed by atoms with Crippen LogP contribution < -0.4 is 5.32 Å². The number of rotatable bonds is 8. The van der Waals surface area contributed by atoms with E-state index in [4.69, 9.17) is 15.0 Å². The summed E-state index contributed by atoms with van der Waals surface area (Å²) in [7, 11) is 1.81. The lowest BCUT2D eigenvalue weighted by Crippen LogP contribution is -2.32. The van der Waals surface area contributed by atoms with Crippen molar-refractivity contribution in [2.75, 3.05) is 7.05 Å². The molecule has 0 aliphatic carbocycles.